The van der Waals surface area contributed by atoms with Gasteiger partial charge in [0.15, 0.2) is 10.3 Å². The van der Waals surface area contributed by atoms with Crippen LogP contribution in [0, 0.1) is 0 Å². The first-order valence-electron chi connectivity index (χ1n) is 53.3. The average molecular weight is 2050 g/mol. The van der Waals surface area contributed by atoms with Crippen molar-refractivity contribution in [3.63, 3.8) is 0 Å². The van der Waals surface area contributed by atoms with Crippen LogP contribution in [0.4, 0.5) is 10.3 Å². The normalized spacial score (nSPS) is 19.3. The summed E-state index contributed by atoms with van der Waals surface area (Å²) >= 11 is 2.78. The number of nitrogens with zero attached hydrogens (tertiary/aromatic N) is 9. The number of hydrogen-bond donors (Lipinski definition) is 5. The second-order valence-electron chi connectivity index (χ2n) is 42.4. The number of ether oxygens (including phenoxy) is 1. The van der Waals surface area contributed by atoms with Crippen LogP contribution in [-0.2, 0) is 60.3 Å². The predicted octanol–water partition coefficient (Wildman–Crippen LogP) is 25.2. The zero-order valence-corrected chi connectivity index (χ0v) is 86.6. The zero-order chi connectivity index (χ0) is 102. The summed E-state index contributed by atoms with van der Waals surface area (Å²) in [6.45, 7) is 1.64. The van der Waals surface area contributed by atoms with Crippen molar-refractivity contribution < 1.29 is 61.7 Å². The quantitative estimate of drug-likeness (QED) is 0.0562. The van der Waals surface area contributed by atoms with Crippen LogP contribution in [0.5, 0.6) is 0 Å². The molecule has 14 heterocycles. The number of carboxylic acids is 2. The molecular formula is C121H122N12O13S3. The molecule has 8 fully saturated rings. The van der Waals surface area contributed by atoms with E-state index in [-0.39, 0.29) is 40.7 Å². The summed E-state index contributed by atoms with van der Waals surface area (Å²) in [5.74, 6) is -1.29. The molecule has 14 aromatic rings. The molecule has 149 heavy (non-hydrogen) atoms. The second-order valence-corrected chi connectivity index (χ2v) is 46.1. The number of methoxy groups -OCH3 is 1. The molecule has 8 aromatic carbocycles. The van der Waals surface area contributed by atoms with Gasteiger partial charge in [-0.1, -0.05) is 198 Å². The fraction of sp³-hybridized carbons (Fsp3) is 0.355. The number of esters is 1. The summed E-state index contributed by atoms with van der Waals surface area (Å²) in [5.41, 5.74) is 26.2. The Bertz CT molecular complexity index is 7940. The van der Waals surface area contributed by atoms with Gasteiger partial charge in [-0.2, -0.15) is 12.7 Å². The van der Waals surface area contributed by atoms with Gasteiger partial charge in [-0.05, 0) is 244 Å². The predicted molar refractivity (Wildman–Crippen MR) is 587 cm³/mol. The smallest absolute Gasteiger partial charge is 0.337 e. The van der Waals surface area contributed by atoms with Gasteiger partial charge in [-0.25, -0.2) is 29.1 Å². The standard InChI is InChI=1S/C33H38N4O4S.C31H32N2O3.C29H27N3O3S.C28H25N3O3S/c1-35(2)42(40,41)34-32(38)23-12-17-28-29(19-23)36-20-24(33(39)37-25-13-14-26(37)16-15-25)18-22-10-6-7-11-27(22)31(36)30(28)21-8-4-3-5-9-21;34-30(33-23-11-12-24(33)14-13-23)22-16-20-8-4-5-9-25(20)29-28(19-6-2-1-3-7-19)26-15-10-21(31(35)36)17-27(26)32(29)18-22;1-35-28(34)20-11-12-23-24(16-20)32-17-21(27(33)31-29-30-13-14-36-29)15-19-9-5-6-10-22(19)26(32)25(23)18-7-3-2-4-8-18;32-26(30-28-29-12-13-35-28)20-14-18-8-4-5-9-21(18)25-24(17-6-2-1-3-7-17)22-11-10-19(27(33)34)15-23(22)31(25)16-20/h6-7,10-12,17-19,21,25-26H,3-5,8-9,13-16,20H2,1-2H3,(H,34,38);4-5,8-10,15-17,19,23-24H,1-3,6-7,11-14,18H2,(H,35,36);5-6,9-16,18H,2-4,7-8,17H2,1H3,(H,30,31,33);4-5,8-15,17H,1-3,6-7,16H2,(H,33,34)(H,29,30,32). The maximum atomic E-state index is 14.2. The van der Waals surface area contributed by atoms with Gasteiger partial charge in [0.2, 0.25) is 0 Å². The van der Waals surface area contributed by atoms with Crippen LogP contribution in [0.2, 0.25) is 0 Å². The molecule has 0 atom stereocenters. The third kappa shape index (κ3) is 18.7. The molecule has 25 nitrogen and oxygen atoms in total. The SMILES string of the molecule is CN(C)S(=O)(=O)NC(=O)c1ccc2c(C3CCCCC3)c3n(c2c1)CC(C(=O)N1C2CCC1CC2)=Cc1ccccc1-3.COC(=O)c1ccc2c(C3CCCCC3)c3n(c2c1)CC(C(=O)Nc1nccs1)=Cc1ccccc1-3.O=C(Nc1nccs1)C1=Cc2ccccc2-c2c(C3CCCCC3)c3ccc(C(=O)O)cc3n2C1.O=C(O)c1ccc2c(C3CCCCC3)c3n(c2c1)CC(C(=O)N1C2CCC1CC2)=Cc1ccccc1-3. The maximum Gasteiger partial charge on any atom is 0.337 e. The Morgan fingerprint density at radius 2 is 0.638 bits per heavy atom. The first kappa shape index (κ1) is 98.2. The third-order valence-corrected chi connectivity index (χ3v) is 36.4. The molecule has 4 aliphatic carbocycles. The highest BCUT2D eigenvalue weighted by Crippen LogP contribution is 2.54. The van der Waals surface area contributed by atoms with E-state index in [1.54, 1.807) is 42.7 Å². The number of amides is 5. The highest BCUT2D eigenvalue weighted by Gasteiger charge is 2.47. The van der Waals surface area contributed by atoms with Crippen molar-refractivity contribution in [3.05, 3.63) is 282 Å². The van der Waals surface area contributed by atoms with E-state index in [9.17, 15) is 57.0 Å². The van der Waals surface area contributed by atoms with Gasteiger partial charge < -0.3 is 43.0 Å². The number of carbonyl (C=O) groups excluding carboxylic acids is 6. The number of benzene rings is 8. The molecule has 8 aliphatic heterocycles. The van der Waals surface area contributed by atoms with Crippen LogP contribution in [0.3, 0.4) is 0 Å². The van der Waals surface area contributed by atoms with Crippen molar-refractivity contribution in [1.82, 2.24) is 47.1 Å². The molecule has 4 bridgehead atoms. The molecule has 6 aromatic heterocycles. The summed E-state index contributed by atoms with van der Waals surface area (Å²) in [4.78, 5) is 117. The number of fused-ring (bicyclic) bond motifs is 24. The molecular weight excluding hydrogens is 1930 g/mol. The summed E-state index contributed by atoms with van der Waals surface area (Å²) < 4.78 is 41.9. The number of thiazole rings is 2. The number of anilines is 2. The lowest BCUT2D eigenvalue weighted by Gasteiger charge is -2.24. The van der Waals surface area contributed by atoms with Gasteiger partial charge in [0, 0.05) is 155 Å². The van der Waals surface area contributed by atoms with Crippen molar-refractivity contribution in [2.24, 2.45) is 0 Å². The maximum absolute atomic E-state index is 14.2. The van der Waals surface area contributed by atoms with Crippen molar-refractivity contribution in [2.75, 3.05) is 31.8 Å². The molecule has 26 rings (SSSR count). The Morgan fingerprint density at radius 3 is 0.933 bits per heavy atom. The van der Waals surface area contributed by atoms with Crippen molar-refractivity contribution in [2.45, 2.75) is 254 Å². The summed E-state index contributed by atoms with van der Waals surface area (Å²) in [6, 6.07) is 57.0. The van der Waals surface area contributed by atoms with Gasteiger partial charge in [-0.3, -0.25) is 34.6 Å². The van der Waals surface area contributed by atoms with E-state index in [1.807, 2.05) is 89.6 Å². The third-order valence-electron chi connectivity index (χ3n) is 33.7. The molecule has 4 saturated heterocycles. The first-order chi connectivity index (χ1) is 72.6. The average Bonchev–Trinajstić information content (AvgIpc) is 1.58. The molecule has 12 aliphatic rings. The molecule has 0 unspecified atom stereocenters. The number of nitrogens with one attached hydrogen (secondary N) is 3. The van der Waals surface area contributed by atoms with E-state index in [2.05, 4.69) is 138 Å². The fourth-order valence-electron chi connectivity index (χ4n) is 26.7. The highest BCUT2D eigenvalue weighted by atomic mass is 32.2. The number of aromatic nitrogens is 6. The molecule has 762 valence electrons. The van der Waals surface area contributed by atoms with Crippen LogP contribution in [-0.4, -0.2) is 154 Å². The van der Waals surface area contributed by atoms with E-state index in [1.165, 1.54) is 149 Å². The zero-order valence-electron chi connectivity index (χ0n) is 84.2. The minimum atomic E-state index is -3.94. The van der Waals surface area contributed by atoms with Crippen LogP contribution < -0.4 is 15.4 Å². The van der Waals surface area contributed by atoms with Crippen molar-refractivity contribution in [1.29, 1.82) is 0 Å². The second kappa shape index (κ2) is 41.4. The monoisotopic (exact) mass is 2050 g/mol. The van der Waals surface area contributed by atoms with E-state index < -0.39 is 28.1 Å². The van der Waals surface area contributed by atoms with Gasteiger partial charge in [0.1, 0.15) is 0 Å². The van der Waals surface area contributed by atoms with Crippen LogP contribution in [0.15, 0.2) is 215 Å². The van der Waals surface area contributed by atoms with Crippen LogP contribution in [0.1, 0.15) is 289 Å². The Kier molecular flexibility index (Phi) is 27.3. The van der Waals surface area contributed by atoms with Crippen molar-refractivity contribution in [3.8, 4) is 45.0 Å². The largest absolute Gasteiger partial charge is 0.478 e. The van der Waals surface area contributed by atoms with Gasteiger partial charge >= 0.3 is 28.1 Å². The summed E-state index contributed by atoms with van der Waals surface area (Å²) in [6.07, 6.45) is 44.1. The van der Waals surface area contributed by atoms with E-state index in [0.717, 1.165) is 223 Å². The van der Waals surface area contributed by atoms with Gasteiger partial charge in [-0.15, -0.1) is 22.7 Å². The van der Waals surface area contributed by atoms with Gasteiger partial charge in [0.05, 0.1) is 72.8 Å². The minimum Gasteiger partial charge on any atom is -0.478 e. The molecule has 5 amide bonds. The number of hydrogen-bond acceptors (Lipinski definition) is 15. The van der Waals surface area contributed by atoms with E-state index in [0.29, 0.717) is 107 Å². The molecule has 0 radical (unpaired) electrons. The molecule has 0 spiro atoms. The molecule has 5 N–H and O–H groups in total. The Labute approximate surface area is 874 Å². The van der Waals surface area contributed by atoms with E-state index >= 15 is 0 Å². The topological polar surface area (TPSA) is 312 Å². The van der Waals surface area contributed by atoms with E-state index in [4.69, 9.17) is 4.74 Å². The summed E-state index contributed by atoms with van der Waals surface area (Å²) in [5, 5.41) is 34.6. The fourth-order valence-corrected chi connectivity index (χ4v) is 28.3. The number of carbonyl (C=O) groups is 8. The minimum absolute atomic E-state index is 0.120. The van der Waals surface area contributed by atoms with Gasteiger partial charge in [0.25, 0.3) is 29.5 Å². The van der Waals surface area contributed by atoms with Crippen molar-refractivity contribution >= 4 is 159 Å². The van der Waals surface area contributed by atoms with Crippen LogP contribution >= 0.6 is 22.7 Å². The number of aromatic carboxylic acids is 2. The first-order valence-corrected chi connectivity index (χ1v) is 56.5. The lowest BCUT2D eigenvalue weighted by molar-refractivity contribution is -0.129. The molecule has 4 saturated carbocycles. The van der Waals surface area contributed by atoms with Crippen LogP contribution in [0.25, 0.3) is 113 Å². The lowest BCUT2D eigenvalue weighted by atomic mass is 9.81. The number of rotatable bonds is 16. The Morgan fingerprint density at radius 1 is 0.356 bits per heavy atom. The summed E-state index contributed by atoms with van der Waals surface area (Å²) in [7, 11) is 0.233. The Hall–Kier alpha value is -14.2. The molecule has 28 heteroatoms. The number of carboxylic acid groups (broad SMARTS) is 2. The Balaban J connectivity index is 0.000000109. The highest BCUT2D eigenvalue weighted by molar-refractivity contribution is 7.87. The lowest BCUT2D eigenvalue weighted by Crippen LogP contribution is -2.39.